The summed E-state index contributed by atoms with van der Waals surface area (Å²) in [6.45, 7) is 5.53. The van der Waals surface area contributed by atoms with Gasteiger partial charge in [0.05, 0.1) is 96.2 Å². The third-order valence-electron chi connectivity index (χ3n) is 15.5. The highest BCUT2D eigenvalue weighted by molar-refractivity contribution is 7.98. The fourth-order valence-corrected chi connectivity index (χ4v) is 12.4. The van der Waals surface area contributed by atoms with Gasteiger partial charge in [-0.1, -0.05) is 56.0 Å². The van der Waals surface area contributed by atoms with Crippen LogP contribution in [0.25, 0.3) is 43.6 Å². The maximum Gasteiger partial charge on any atom is 0.238 e. The van der Waals surface area contributed by atoms with Gasteiger partial charge in [-0.2, -0.15) is 0 Å². The lowest BCUT2D eigenvalue weighted by atomic mass is 10.2. The fourth-order valence-electron chi connectivity index (χ4n) is 10.2. The molecule has 0 aliphatic rings. The highest BCUT2D eigenvalue weighted by Gasteiger charge is 2.18. The van der Waals surface area contributed by atoms with E-state index in [1.54, 1.807) is 123 Å². The number of hydrogen-bond donors (Lipinski definition) is 8. The maximum atomic E-state index is 11.7. The van der Waals surface area contributed by atoms with E-state index >= 15 is 0 Å². The number of hydrogen-bond acceptors (Lipinski definition) is 26. The second-order valence-corrected chi connectivity index (χ2v) is 29.2. The summed E-state index contributed by atoms with van der Waals surface area (Å²) in [6.07, 6.45) is 2.97. The smallest absolute Gasteiger partial charge is 0.238 e. The molecule has 105 heavy (non-hydrogen) atoms. The SMILES string of the molecule is C.C=S(N)(=O)c1ccc(CNc2ncnc3cc(OC)ccc23)cc1.COc1cc2nc(C)nc(NCc3ccc(S(N)(=O)=O)cc3)c2cc1OC.COc1cc2nc(C)nc(NCc3ccc(S(N)(=O)=O)cc3)c2cc1OC.COc1cc2ncnc(NCc3ccc(S(N)(=O)=O)cc3)c2cc1OC. The fraction of sp³-hybridized carbons (Fsp3) is 0.197. The third kappa shape index (κ3) is 20.7. The molecule has 0 aliphatic heterocycles. The van der Waals surface area contributed by atoms with Crippen LogP contribution in [0.2, 0.25) is 0 Å². The Labute approximate surface area is 608 Å². The first-order chi connectivity index (χ1) is 49.5. The second kappa shape index (κ2) is 34.7. The van der Waals surface area contributed by atoms with Crippen molar-refractivity contribution in [1.29, 1.82) is 0 Å². The van der Waals surface area contributed by atoms with E-state index < -0.39 is 39.8 Å². The normalized spacial score (nSPS) is 11.7. The molecule has 0 aliphatic carbocycles. The van der Waals surface area contributed by atoms with Gasteiger partial charge >= 0.3 is 0 Å². The predicted molar refractivity (Wildman–Crippen MR) is 407 cm³/mol. The monoisotopic (exact) mass is 1510 g/mol. The van der Waals surface area contributed by atoms with Gasteiger partial charge in [0.25, 0.3) is 0 Å². The van der Waals surface area contributed by atoms with Gasteiger partial charge in [-0.25, -0.2) is 84.8 Å². The molecule has 4 heterocycles. The van der Waals surface area contributed by atoms with E-state index in [1.807, 2.05) is 56.3 Å². The number of benzene rings is 8. The average Bonchev–Trinajstić information content (AvgIpc) is 0.805. The van der Waals surface area contributed by atoms with Crippen molar-refractivity contribution in [2.24, 2.45) is 20.6 Å². The van der Waals surface area contributed by atoms with Gasteiger partial charge in [0, 0.05) is 76.9 Å². The van der Waals surface area contributed by atoms with Gasteiger partial charge in [0.15, 0.2) is 34.5 Å². The molecule has 0 saturated carbocycles. The molecule has 0 fully saturated rings. The number of rotatable bonds is 23. The number of fused-ring (bicyclic) bond motifs is 4. The zero-order valence-electron chi connectivity index (χ0n) is 57.9. The molecular weight excluding hydrogens is 1430 g/mol. The number of nitrogens with zero attached hydrogens (tertiary/aromatic N) is 8. The maximum absolute atomic E-state index is 11.7. The molecular formula is C71H80N16O14S4. The zero-order valence-corrected chi connectivity index (χ0v) is 61.1. The Bertz CT molecular complexity index is 5370. The quantitative estimate of drug-likeness (QED) is 0.0276. The molecule has 0 spiro atoms. The second-order valence-electron chi connectivity index (χ2n) is 22.6. The number of aromatic nitrogens is 8. The Balaban J connectivity index is 0.000000177. The van der Waals surface area contributed by atoms with Crippen LogP contribution in [0.4, 0.5) is 23.3 Å². The van der Waals surface area contributed by atoms with Crippen molar-refractivity contribution in [2.45, 2.75) is 67.0 Å². The molecule has 0 saturated heterocycles. The van der Waals surface area contributed by atoms with Gasteiger partial charge in [-0.15, -0.1) is 0 Å². The van der Waals surface area contributed by atoms with Crippen LogP contribution in [0, 0.1) is 13.8 Å². The number of aryl methyl sites for hydroxylation is 2. The Morgan fingerprint density at radius 3 is 0.933 bits per heavy atom. The Morgan fingerprint density at radius 2 is 0.619 bits per heavy atom. The van der Waals surface area contributed by atoms with E-state index in [-0.39, 0.29) is 22.1 Å². The lowest BCUT2D eigenvalue weighted by Crippen LogP contribution is -2.12. The number of nitrogens with two attached hydrogens (primary N) is 4. The number of methoxy groups -OCH3 is 7. The largest absolute Gasteiger partial charge is 0.497 e. The summed E-state index contributed by atoms with van der Waals surface area (Å²) in [5, 5.41) is 37.2. The highest BCUT2D eigenvalue weighted by atomic mass is 32.2. The number of ether oxygens (including phenoxy) is 7. The highest BCUT2D eigenvalue weighted by Crippen LogP contribution is 2.37. The molecule has 0 bridgehead atoms. The van der Waals surface area contributed by atoms with Crippen molar-refractivity contribution in [2.75, 3.05) is 71.0 Å². The first-order valence-electron chi connectivity index (χ1n) is 31.0. The molecule has 552 valence electrons. The minimum absolute atomic E-state index is 0. The van der Waals surface area contributed by atoms with Crippen molar-refractivity contribution in [3.63, 3.8) is 0 Å². The molecule has 4 aromatic heterocycles. The first-order valence-corrected chi connectivity index (χ1v) is 37.5. The Kier molecular flexibility index (Phi) is 26.2. The van der Waals surface area contributed by atoms with Crippen LogP contribution in [0.1, 0.15) is 41.3 Å². The van der Waals surface area contributed by atoms with Crippen molar-refractivity contribution < 1.29 is 62.6 Å². The molecule has 34 heteroatoms. The van der Waals surface area contributed by atoms with Gasteiger partial charge in [0.2, 0.25) is 30.1 Å². The summed E-state index contributed by atoms with van der Waals surface area (Å²) in [4.78, 5) is 35.7. The molecule has 1 unspecified atom stereocenters. The number of primary sulfonamides is 3. The number of anilines is 4. The van der Waals surface area contributed by atoms with Crippen molar-refractivity contribution in [1.82, 2.24) is 39.9 Å². The van der Waals surface area contributed by atoms with E-state index in [4.69, 9.17) is 53.7 Å². The lowest BCUT2D eigenvalue weighted by molar-refractivity contribution is 0.356. The average molecular weight is 1510 g/mol. The Hall–Kier alpha value is -11.4. The third-order valence-corrected chi connectivity index (χ3v) is 19.4. The van der Waals surface area contributed by atoms with Gasteiger partial charge in [0.1, 0.15) is 53.3 Å². The van der Waals surface area contributed by atoms with E-state index in [0.717, 1.165) is 71.9 Å². The van der Waals surface area contributed by atoms with Gasteiger partial charge in [-0.3, -0.25) is 5.14 Å². The predicted octanol–water partition coefficient (Wildman–Crippen LogP) is 9.17. The van der Waals surface area contributed by atoms with E-state index in [0.29, 0.717) is 100 Å². The standard InChI is InChI=1S/2C18H20N4O4S.C17H18N4O4S.C17H18N4O2S.CH4/c2*1-11-21-15-9-17(26-3)16(25-2)8-14(15)18(22-11)20-10-12-4-6-13(7-5-12)27(19,23)24;1-24-15-7-13-14(8-16(15)25-2)20-10-21-17(13)19-9-11-3-5-12(6-4-11)26(18,22)23;1-23-13-5-8-15-16(9-13)20-11-21-17(15)19-10-12-3-6-14(7-4-12)24(2,18)22;/h2*4-9H,10H2,1-3H3,(H2,19,23,24)(H,20,21,22);3-8,10H,9H2,1-2H3,(H2,18,22,23)(H,19,20,21);3-9,11H,2,10H2,1H3,(H2,18,22)(H,19,20,21);1H4. The molecule has 8 aromatic carbocycles. The first kappa shape index (κ1) is 79.3. The van der Waals surface area contributed by atoms with Crippen LogP contribution in [0.5, 0.6) is 40.2 Å². The minimum Gasteiger partial charge on any atom is -0.497 e. The summed E-state index contributed by atoms with van der Waals surface area (Å²) in [7, 11) is -2.75. The van der Waals surface area contributed by atoms with E-state index in [2.05, 4.69) is 67.0 Å². The molecule has 0 amide bonds. The lowest BCUT2D eigenvalue weighted by Gasteiger charge is -2.13. The van der Waals surface area contributed by atoms with Crippen LogP contribution in [-0.2, 0) is 66.0 Å². The van der Waals surface area contributed by atoms with Crippen molar-refractivity contribution in [3.05, 3.63) is 198 Å². The molecule has 12 rings (SSSR count). The van der Waals surface area contributed by atoms with Crippen molar-refractivity contribution in [3.8, 4) is 40.2 Å². The van der Waals surface area contributed by atoms with Crippen LogP contribution < -0.4 is 75.0 Å². The van der Waals surface area contributed by atoms with Crippen LogP contribution in [0.3, 0.4) is 0 Å². The summed E-state index contributed by atoms with van der Waals surface area (Å²) >= 11 is 0. The van der Waals surface area contributed by atoms with Crippen LogP contribution >= 0.6 is 0 Å². The molecule has 1 atom stereocenters. The van der Waals surface area contributed by atoms with Crippen LogP contribution in [-0.4, -0.2) is 125 Å². The van der Waals surface area contributed by atoms with E-state index in [9.17, 15) is 29.5 Å². The summed E-state index contributed by atoms with van der Waals surface area (Å²) in [6, 6.07) is 42.7. The molecule has 0 radical (unpaired) electrons. The summed E-state index contributed by atoms with van der Waals surface area (Å²) < 4.78 is 117. The summed E-state index contributed by atoms with van der Waals surface area (Å²) in [5.41, 5.74) is 6.64. The molecule has 12 aromatic rings. The molecule has 30 nitrogen and oxygen atoms in total. The topological polar surface area (TPSA) is 439 Å². The number of nitrogens with one attached hydrogen (secondary N) is 4. The Morgan fingerprint density at radius 1 is 0.333 bits per heavy atom. The minimum atomic E-state index is -3.70. The van der Waals surface area contributed by atoms with Gasteiger partial charge in [-0.05, 0) is 121 Å². The number of sulfonamides is 3. The molecule has 12 N–H and O–H groups in total. The zero-order chi connectivity index (χ0) is 75.1. The van der Waals surface area contributed by atoms with Crippen LogP contribution in [0.15, 0.2) is 184 Å². The van der Waals surface area contributed by atoms with E-state index in [1.165, 1.54) is 49.1 Å². The van der Waals surface area contributed by atoms with Crippen molar-refractivity contribution >= 4 is 113 Å². The van der Waals surface area contributed by atoms with Gasteiger partial charge < -0.3 is 54.4 Å². The summed E-state index contributed by atoms with van der Waals surface area (Å²) in [5.74, 6) is 11.6.